The van der Waals surface area contributed by atoms with Crippen LogP contribution in [0, 0.1) is 0 Å². The monoisotopic (exact) mass is 450 g/mol. The lowest BCUT2D eigenvalue weighted by Gasteiger charge is -2.07. The molecule has 0 atom stereocenters. The first-order valence-corrected chi connectivity index (χ1v) is 11.2. The molecule has 2 aromatic carbocycles. The Morgan fingerprint density at radius 1 is 1.00 bits per heavy atom. The van der Waals surface area contributed by atoms with Crippen molar-refractivity contribution < 1.29 is 18.0 Å². The molecule has 0 bridgehead atoms. The Hall–Kier alpha value is -3.82. The van der Waals surface area contributed by atoms with E-state index in [-0.39, 0.29) is 16.7 Å². The first kappa shape index (κ1) is 22.9. The van der Waals surface area contributed by atoms with E-state index in [0.717, 1.165) is 5.69 Å². The number of rotatable bonds is 8. The van der Waals surface area contributed by atoms with Crippen molar-refractivity contribution in [2.45, 2.75) is 11.4 Å². The molecule has 1 heterocycles. The van der Waals surface area contributed by atoms with Gasteiger partial charge in [-0.3, -0.25) is 14.6 Å². The lowest BCUT2D eigenvalue weighted by atomic mass is 10.1. The van der Waals surface area contributed by atoms with Gasteiger partial charge in [0.2, 0.25) is 15.9 Å². The lowest BCUT2D eigenvalue weighted by Crippen LogP contribution is -2.23. The first-order chi connectivity index (χ1) is 15.4. The predicted octanol–water partition coefficient (Wildman–Crippen LogP) is 2.57. The van der Waals surface area contributed by atoms with Gasteiger partial charge in [-0.05, 0) is 61.2 Å². The molecule has 32 heavy (non-hydrogen) atoms. The maximum absolute atomic E-state index is 12.4. The summed E-state index contributed by atoms with van der Waals surface area (Å²) in [5, 5.41) is 5.49. The smallest absolute Gasteiger partial charge is 0.251 e. The van der Waals surface area contributed by atoms with Crippen LogP contribution in [0.1, 0.15) is 21.6 Å². The third kappa shape index (κ3) is 6.34. The maximum atomic E-state index is 12.4. The summed E-state index contributed by atoms with van der Waals surface area (Å²) in [4.78, 5) is 28.9. The van der Waals surface area contributed by atoms with Crippen LogP contribution in [0.25, 0.3) is 6.08 Å². The minimum atomic E-state index is -3.51. The number of nitrogens with one attached hydrogen (secondary N) is 3. The van der Waals surface area contributed by atoms with Crippen molar-refractivity contribution in [2.75, 3.05) is 12.4 Å². The SMILES string of the molecule is CNS(=O)(=O)c1ccc(C=CC(=O)Nc2cccc(C(=O)NCc3ccccn3)c2)cc1. The van der Waals surface area contributed by atoms with E-state index in [9.17, 15) is 18.0 Å². The van der Waals surface area contributed by atoms with Crippen LogP contribution in [0.3, 0.4) is 0 Å². The van der Waals surface area contributed by atoms with E-state index in [1.54, 1.807) is 54.7 Å². The average molecular weight is 451 g/mol. The molecule has 0 aliphatic carbocycles. The standard InChI is InChI=1S/C23H22N4O4S/c1-24-32(30,31)21-11-8-17(9-12-21)10-13-22(28)27-19-7-4-5-18(15-19)23(29)26-16-20-6-2-3-14-25-20/h2-15,24H,16H2,1H3,(H,26,29)(H,27,28). The van der Waals surface area contributed by atoms with Crippen LogP contribution in [0.2, 0.25) is 0 Å². The Morgan fingerprint density at radius 3 is 2.47 bits per heavy atom. The van der Waals surface area contributed by atoms with E-state index < -0.39 is 10.0 Å². The van der Waals surface area contributed by atoms with E-state index in [1.165, 1.54) is 25.3 Å². The second-order valence-electron chi connectivity index (χ2n) is 6.68. The van der Waals surface area contributed by atoms with Gasteiger partial charge in [0.1, 0.15) is 0 Å². The zero-order valence-corrected chi connectivity index (χ0v) is 18.1. The first-order valence-electron chi connectivity index (χ1n) is 9.68. The summed E-state index contributed by atoms with van der Waals surface area (Å²) in [7, 11) is -2.17. The van der Waals surface area contributed by atoms with Crippen molar-refractivity contribution in [3.05, 3.63) is 95.8 Å². The molecular formula is C23H22N4O4S. The number of carbonyl (C=O) groups is 2. The molecule has 0 saturated heterocycles. The van der Waals surface area contributed by atoms with Crippen LogP contribution < -0.4 is 15.4 Å². The van der Waals surface area contributed by atoms with Gasteiger partial charge in [0.25, 0.3) is 5.91 Å². The van der Waals surface area contributed by atoms with Gasteiger partial charge < -0.3 is 10.6 Å². The summed E-state index contributed by atoms with van der Waals surface area (Å²) >= 11 is 0. The number of hydrogen-bond acceptors (Lipinski definition) is 5. The summed E-state index contributed by atoms with van der Waals surface area (Å²) in [5.74, 6) is -0.665. The Bertz CT molecular complexity index is 1220. The van der Waals surface area contributed by atoms with Gasteiger partial charge in [-0.2, -0.15) is 0 Å². The molecule has 1 aromatic heterocycles. The molecule has 0 saturated carbocycles. The highest BCUT2D eigenvalue weighted by atomic mass is 32.2. The number of pyridine rings is 1. The van der Waals surface area contributed by atoms with Crippen molar-refractivity contribution in [3.8, 4) is 0 Å². The zero-order valence-electron chi connectivity index (χ0n) is 17.3. The number of anilines is 1. The van der Waals surface area contributed by atoms with Crippen LogP contribution in [-0.2, 0) is 21.4 Å². The zero-order chi connectivity index (χ0) is 23.0. The van der Waals surface area contributed by atoms with Gasteiger partial charge >= 0.3 is 0 Å². The summed E-state index contributed by atoms with van der Waals surface area (Å²) in [6.45, 7) is 0.299. The van der Waals surface area contributed by atoms with E-state index in [2.05, 4.69) is 20.3 Å². The highest BCUT2D eigenvalue weighted by molar-refractivity contribution is 7.89. The van der Waals surface area contributed by atoms with Crippen molar-refractivity contribution in [1.29, 1.82) is 0 Å². The van der Waals surface area contributed by atoms with Crippen molar-refractivity contribution in [3.63, 3.8) is 0 Å². The molecule has 164 valence electrons. The normalized spacial score (nSPS) is 11.3. The molecule has 0 aliphatic rings. The Morgan fingerprint density at radius 2 is 1.78 bits per heavy atom. The molecule has 0 unspecified atom stereocenters. The highest BCUT2D eigenvalue weighted by Crippen LogP contribution is 2.13. The van der Waals surface area contributed by atoms with E-state index in [4.69, 9.17) is 0 Å². The molecule has 0 radical (unpaired) electrons. The summed E-state index contributed by atoms with van der Waals surface area (Å²) in [6.07, 6.45) is 4.55. The van der Waals surface area contributed by atoms with Gasteiger partial charge in [-0.15, -0.1) is 0 Å². The van der Waals surface area contributed by atoms with Gasteiger partial charge in [0.05, 0.1) is 17.1 Å². The van der Waals surface area contributed by atoms with E-state index in [1.807, 2.05) is 12.1 Å². The number of benzene rings is 2. The van der Waals surface area contributed by atoms with Crippen LogP contribution in [0.15, 0.2) is 83.9 Å². The minimum Gasteiger partial charge on any atom is -0.346 e. The molecule has 3 rings (SSSR count). The van der Waals surface area contributed by atoms with Crippen molar-refractivity contribution in [2.24, 2.45) is 0 Å². The van der Waals surface area contributed by atoms with Crippen LogP contribution in [0.4, 0.5) is 5.69 Å². The molecule has 0 fully saturated rings. The number of aromatic nitrogens is 1. The average Bonchev–Trinajstić information content (AvgIpc) is 2.82. The largest absolute Gasteiger partial charge is 0.346 e. The van der Waals surface area contributed by atoms with Crippen molar-refractivity contribution >= 4 is 33.6 Å². The lowest BCUT2D eigenvalue weighted by molar-refractivity contribution is -0.111. The van der Waals surface area contributed by atoms with Gasteiger partial charge in [0.15, 0.2) is 0 Å². The summed E-state index contributed by atoms with van der Waals surface area (Å²) in [6, 6.07) is 18.2. The highest BCUT2D eigenvalue weighted by Gasteiger charge is 2.10. The Balaban J connectivity index is 1.58. The topological polar surface area (TPSA) is 117 Å². The molecule has 0 spiro atoms. The molecular weight excluding hydrogens is 428 g/mol. The fourth-order valence-electron chi connectivity index (χ4n) is 2.75. The Kier molecular flexibility index (Phi) is 7.48. The number of sulfonamides is 1. The number of carbonyl (C=O) groups excluding carboxylic acids is 2. The van der Waals surface area contributed by atoms with Crippen LogP contribution >= 0.6 is 0 Å². The third-order valence-corrected chi connectivity index (χ3v) is 5.87. The quantitative estimate of drug-likeness (QED) is 0.456. The predicted molar refractivity (Wildman–Crippen MR) is 122 cm³/mol. The third-order valence-electron chi connectivity index (χ3n) is 4.43. The minimum absolute atomic E-state index is 0.139. The van der Waals surface area contributed by atoms with E-state index in [0.29, 0.717) is 23.4 Å². The number of nitrogens with zero attached hydrogens (tertiary/aromatic N) is 1. The molecule has 9 heteroatoms. The Labute approximate surface area is 186 Å². The van der Waals surface area contributed by atoms with Gasteiger partial charge in [-0.1, -0.05) is 24.3 Å². The van der Waals surface area contributed by atoms with Crippen LogP contribution in [-0.4, -0.2) is 32.3 Å². The van der Waals surface area contributed by atoms with Crippen molar-refractivity contribution in [1.82, 2.24) is 15.0 Å². The second kappa shape index (κ2) is 10.5. The fraction of sp³-hybridized carbons (Fsp3) is 0.0870. The molecule has 0 aliphatic heterocycles. The number of amides is 2. The van der Waals surface area contributed by atoms with E-state index >= 15 is 0 Å². The van der Waals surface area contributed by atoms with Gasteiger partial charge in [-0.25, -0.2) is 13.1 Å². The maximum Gasteiger partial charge on any atom is 0.251 e. The molecule has 3 aromatic rings. The molecule has 8 nitrogen and oxygen atoms in total. The molecule has 3 N–H and O–H groups in total. The second-order valence-corrected chi connectivity index (χ2v) is 8.57. The van der Waals surface area contributed by atoms with Crippen LogP contribution in [0.5, 0.6) is 0 Å². The molecule has 2 amide bonds. The summed E-state index contributed by atoms with van der Waals surface area (Å²) < 4.78 is 25.7. The number of hydrogen-bond donors (Lipinski definition) is 3. The fourth-order valence-corrected chi connectivity index (χ4v) is 3.48. The van der Waals surface area contributed by atoms with Gasteiger partial charge in [0, 0.05) is 23.5 Å². The summed E-state index contributed by atoms with van der Waals surface area (Å²) in [5.41, 5.74) is 2.29.